The first kappa shape index (κ1) is 13.1. The molecule has 2 heterocycles. The van der Waals surface area contributed by atoms with Gasteiger partial charge < -0.3 is 15.0 Å². The highest BCUT2D eigenvalue weighted by molar-refractivity contribution is 5.90. The van der Waals surface area contributed by atoms with E-state index in [0.29, 0.717) is 23.5 Å². The third-order valence-corrected chi connectivity index (χ3v) is 4.36. The summed E-state index contributed by atoms with van der Waals surface area (Å²) in [5.74, 6) is 1.09. The van der Waals surface area contributed by atoms with Gasteiger partial charge in [0.1, 0.15) is 12.0 Å². The lowest BCUT2D eigenvalue weighted by Crippen LogP contribution is -2.44. The average Bonchev–Trinajstić information content (AvgIpc) is 2.86. The molecule has 2 amide bonds. The number of hydrogen-bond donors (Lipinski definition) is 1. The van der Waals surface area contributed by atoms with E-state index in [0.717, 1.165) is 19.4 Å². The van der Waals surface area contributed by atoms with Gasteiger partial charge in [-0.3, -0.25) is 0 Å². The smallest absolute Gasteiger partial charge is 0.322 e. The average molecular weight is 276 g/mol. The molecule has 0 radical (unpaired) electrons. The summed E-state index contributed by atoms with van der Waals surface area (Å²) in [6, 6.07) is 0.340. The third kappa shape index (κ3) is 2.42. The van der Waals surface area contributed by atoms with E-state index in [-0.39, 0.29) is 6.03 Å². The Labute approximate surface area is 118 Å². The molecule has 2 fully saturated rings. The van der Waals surface area contributed by atoms with Crippen molar-refractivity contribution in [2.24, 2.45) is 5.92 Å². The number of likely N-dealkylation sites (tertiary alicyclic amines) is 1. The van der Waals surface area contributed by atoms with E-state index in [9.17, 15) is 4.79 Å². The van der Waals surface area contributed by atoms with Crippen molar-refractivity contribution in [3.05, 3.63) is 12.5 Å². The van der Waals surface area contributed by atoms with Gasteiger partial charge in [0.2, 0.25) is 5.88 Å². The van der Waals surface area contributed by atoms with Gasteiger partial charge in [0.25, 0.3) is 0 Å². The number of hydrogen-bond acceptors (Lipinski definition) is 4. The van der Waals surface area contributed by atoms with E-state index in [1.165, 1.54) is 32.7 Å². The van der Waals surface area contributed by atoms with Crippen molar-refractivity contribution in [3.63, 3.8) is 0 Å². The highest BCUT2D eigenvalue weighted by atomic mass is 16.5. The fraction of sp³-hybridized carbons (Fsp3) is 0.643. The molecule has 20 heavy (non-hydrogen) atoms. The molecule has 0 spiro atoms. The van der Waals surface area contributed by atoms with Crippen molar-refractivity contribution >= 4 is 11.7 Å². The maximum absolute atomic E-state index is 12.4. The fourth-order valence-electron chi connectivity index (χ4n) is 3.11. The van der Waals surface area contributed by atoms with Crippen LogP contribution in [0.1, 0.15) is 32.1 Å². The highest BCUT2D eigenvalue weighted by Gasteiger charge is 2.37. The van der Waals surface area contributed by atoms with Crippen molar-refractivity contribution < 1.29 is 9.53 Å². The second-order valence-corrected chi connectivity index (χ2v) is 5.47. The van der Waals surface area contributed by atoms with Crippen LogP contribution < -0.4 is 10.1 Å². The number of carbonyl (C=O) groups excluding carboxylic acids is 1. The minimum absolute atomic E-state index is 0.0625. The van der Waals surface area contributed by atoms with Crippen LogP contribution in [0, 0.1) is 5.92 Å². The minimum Gasteiger partial charge on any atom is -0.479 e. The van der Waals surface area contributed by atoms with Crippen LogP contribution in [0.5, 0.6) is 5.88 Å². The summed E-state index contributed by atoms with van der Waals surface area (Å²) < 4.78 is 5.13. The van der Waals surface area contributed by atoms with Gasteiger partial charge in [0.05, 0.1) is 13.3 Å². The number of nitrogens with zero attached hydrogens (tertiary/aromatic N) is 3. The molecule has 0 bridgehead atoms. The first-order valence-electron chi connectivity index (χ1n) is 7.21. The Balaban J connectivity index is 1.69. The molecule has 1 aromatic heterocycles. The molecule has 6 heteroatoms. The van der Waals surface area contributed by atoms with Crippen LogP contribution in [-0.2, 0) is 0 Å². The Morgan fingerprint density at radius 1 is 1.40 bits per heavy atom. The molecule has 1 N–H and O–H groups in total. The number of aromatic nitrogens is 2. The van der Waals surface area contributed by atoms with Gasteiger partial charge >= 0.3 is 6.03 Å². The summed E-state index contributed by atoms with van der Waals surface area (Å²) in [5, 5.41) is 2.87. The molecule has 1 saturated carbocycles. The summed E-state index contributed by atoms with van der Waals surface area (Å²) in [7, 11) is 1.53. The van der Waals surface area contributed by atoms with Gasteiger partial charge in [-0.1, -0.05) is 6.42 Å². The molecule has 6 nitrogen and oxygen atoms in total. The highest BCUT2D eigenvalue weighted by Crippen LogP contribution is 2.37. The standard InChI is InChI=1S/C14H20N4O2/c1-20-13-11(8-15-9-16-13)17-14(19)18-7-3-6-12(18)10-4-2-5-10/h8-10,12H,2-7H2,1H3,(H,17,19)/t12-/m0/s1. The molecule has 1 saturated heterocycles. The molecule has 1 aliphatic carbocycles. The molecule has 0 unspecified atom stereocenters. The van der Waals surface area contributed by atoms with Crippen LogP contribution in [0.15, 0.2) is 12.5 Å². The molecule has 108 valence electrons. The first-order valence-corrected chi connectivity index (χ1v) is 7.21. The summed E-state index contributed by atoms with van der Waals surface area (Å²) >= 11 is 0. The van der Waals surface area contributed by atoms with E-state index >= 15 is 0 Å². The van der Waals surface area contributed by atoms with Gasteiger partial charge in [-0.25, -0.2) is 9.78 Å². The lowest BCUT2D eigenvalue weighted by atomic mass is 9.79. The Morgan fingerprint density at radius 2 is 2.25 bits per heavy atom. The van der Waals surface area contributed by atoms with E-state index in [1.807, 2.05) is 4.90 Å². The SMILES string of the molecule is COc1ncncc1NC(=O)N1CCC[C@H]1C1CCC1. The van der Waals surface area contributed by atoms with Crippen molar-refractivity contribution in [1.82, 2.24) is 14.9 Å². The molecular formula is C14H20N4O2. The van der Waals surface area contributed by atoms with E-state index in [4.69, 9.17) is 4.74 Å². The number of carbonyl (C=O) groups is 1. The summed E-state index contributed by atoms with van der Waals surface area (Å²) in [4.78, 5) is 22.3. The van der Waals surface area contributed by atoms with E-state index in [1.54, 1.807) is 6.20 Å². The molecular weight excluding hydrogens is 256 g/mol. The van der Waals surface area contributed by atoms with E-state index in [2.05, 4.69) is 15.3 Å². The van der Waals surface area contributed by atoms with Gasteiger partial charge in [-0.15, -0.1) is 0 Å². The number of methoxy groups -OCH3 is 1. The van der Waals surface area contributed by atoms with Crippen LogP contribution in [0.4, 0.5) is 10.5 Å². The molecule has 1 aromatic rings. The van der Waals surface area contributed by atoms with Crippen molar-refractivity contribution in [1.29, 1.82) is 0 Å². The predicted molar refractivity (Wildman–Crippen MR) is 74.7 cm³/mol. The topological polar surface area (TPSA) is 67.4 Å². The lowest BCUT2D eigenvalue weighted by molar-refractivity contribution is 0.147. The number of urea groups is 1. The number of anilines is 1. The fourth-order valence-corrected chi connectivity index (χ4v) is 3.11. The Bertz CT molecular complexity index is 490. The van der Waals surface area contributed by atoms with Gasteiger partial charge in [-0.2, -0.15) is 4.98 Å². The van der Waals surface area contributed by atoms with Crippen LogP contribution in [0.2, 0.25) is 0 Å². The molecule has 1 atom stereocenters. The maximum atomic E-state index is 12.4. The Hall–Kier alpha value is -1.85. The minimum atomic E-state index is -0.0625. The largest absolute Gasteiger partial charge is 0.479 e. The molecule has 0 aromatic carbocycles. The van der Waals surface area contributed by atoms with Crippen LogP contribution in [-0.4, -0.2) is 40.6 Å². The maximum Gasteiger partial charge on any atom is 0.322 e. The zero-order chi connectivity index (χ0) is 13.9. The summed E-state index contributed by atoms with van der Waals surface area (Å²) in [5.41, 5.74) is 0.527. The Kier molecular flexibility index (Phi) is 3.71. The van der Waals surface area contributed by atoms with Crippen molar-refractivity contribution in [2.45, 2.75) is 38.1 Å². The first-order chi connectivity index (χ1) is 9.79. The monoisotopic (exact) mass is 276 g/mol. The van der Waals surface area contributed by atoms with Gasteiger partial charge in [-0.05, 0) is 31.6 Å². The predicted octanol–water partition coefficient (Wildman–Crippen LogP) is 2.28. The zero-order valence-electron chi connectivity index (χ0n) is 11.7. The second-order valence-electron chi connectivity index (χ2n) is 5.47. The summed E-state index contributed by atoms with van der Waals surface area (Å²) in [6.45, 7) is 0.836. The third-order valence-electron chi connectivity index (χ3n) is 4.36. The van der Waals surface area contributed by atoms with Crippen LogP contribution >= 0.6 is 0 Å². The molecule has 3 rings (SSSR count). The lowest BCUT2D eigenvalue weighted by Gasteiger charge is -2.36. The van der Waals surface area contributed by atoms with E-state index < -0.39 is 0 Å². The summed E-state index contributed by atoms with van der Waals surface area (Å²) in [6.07, 6.45) is 9.01. The molecule has 2 aliphatic rings. The van der Waals surface area contributed by atoms with Gasteiger partial charge in [0.15, 0.2) is 0 Å². The Morgan fingerprint density at radius 3 is 2.95 bits per heavy atom. The van der Waals surface area contributed by atoms with Gasteiger partial charge in [0, 0.05) is 12.6 Å². The van der Waals surface area contributed by atoms with Crippen molar-refractivity contribution in [2.75, 3.05) is 19.0 Å². The quantitative estimate of drug-likeness (QED) is 0.919. The number of nitrogens with one attached hydrogen (secondary N) is 1. The van der Waals surface area contributed by atoms with Crippen molar-refractivity contribution in [3.8, 4) is 5.88 Å². The normalized spacial score (nSPS) is 22.4. The number of amides is 2. The van der Waals surface area contributed by atoms with Crippen LogP contribution in [0.25, 0.3) is 0 Å². The second kappa shape index (κ2) is 5.64. The molecule has 1 aliphatic heterocycles. The number of rotatable bonds is 3. The number of ether oxygens (including phenoxy) is 1. The van der Waals surface area contributed by atoms with Crippen LogP contribution in [0.3, 0.4) is 0 Å². The zero-order valence-corrected chi connectivity index (χ0v) is 11.7.